The maximum atomic E-state index is 16.6. The predicted molar refractivity (Wildman–Crippen MR) is 302 cm³/mol. The summed E-state index contributed by atoms with van der Waals surface area (Å²) in [5.41, 5.74) is 9.77. The van der Waals surface area contributed by atoms with Crippen molar-refractivity contribution in [2.24, 2.45) is 0 Å². The highest BCUT2D eigenvalue weighted by Gasteiger charge is 2.33. The van der Waals surface area contributed by atoms with Gasteiger partial charge in [-0.2, -0.15) is 0 Å². The molecule has 0 bridgehead atoms. The third-order valence-electron chi connectivity index (χ3n) is 12.7. The van der Waals surface area contributed by atoms with E-state index in [1.807, 2.05) is 133 Å². The molecule has 0 amide bonds. The van der Waals surface area contributed by atoms with E-state index in [1.54, 1.807) is 0 Å². The van der Waals surface area contributed by atoms with Crippen molar-refractivity contribution in [3.8, 4) is 0 Å². The molecule has 0 unspecified atom stereocenters. The van der Waals surface area contributed by atoms with Crippen molar-refractivity contribution in [2.75, 3.05) is 19.6 Å². The first kappa shape index (κ1) is 45.2. The van der Waals surface area contributed by atoms with E-state index < -0.39 is 7.14 Å². The standard InChI is InChI=1S/C65H50N5OP/c71-72(61-37-21-7-22-38-61,62-39-23-8-24-40-62)63-49-64(69(55-33-17-5-18-34-55)59-45-41-57(42-46-59)67(51-25-9-1-10-26-51)52-27-11-2-12-28-52)66-65(50-63)70(56-35-19-6-20-36-56)60-47-43-58(44-48-60)68(53-29-13-3-14-30-53)54-31-15-4-16-32-54/h1-50H. The predicted octanol–water partition coefficient (Wildman–Crippen LogP) is 16.6. The Labute approximate surface area is 422 Å². The highest BCUT2D eigenvalue weighted by atomic mass is 31.2. The topological polar surface area (TPSA) is 42.9 Å². The molecule has 11 aromatic rings. The van der Waals surface area contributed by atoms with Crippen LogP contribution in [-0.2, 0) is 4.57 Å². The number of rotatable bonds is 15. The van der Waals surface area contributed by atoms with Gasteiger partial charge in [-0.25, -0.2) is 4.98 Å². The monoisotopic (exact) mass is 947 g/mol. The molecule has 0 saturated carbocycles. The lowest BCUT2D eigenvalue weighted by Crippen LogP contribution is -2.27. The first-order valence-electron chi connectivity index (χ1n) is 24.1. The van der Waals surface area contributed by atoms with E-state index in [9.17, 15) is 0 Å². The van der Waals surface area contributed by atoms with Gasteiger partial charge in [-0.1, -0.05) is 170 Å². The molecule has 1 heterocycles. The Morgan fingerprint density at radius 2 is 0.417 bits per heavy atom. The molecule has 7 heteroatoms. The summed E-state index contributed by atoms with van der Waals surface area (Å²) in [5.74, 6) is 1.21. The van der Waals surface area contributed by atoms with Crippen molar-refractivity contribution in [1.29, 1.82) is 0 Å². The van der Waals surface area contributed by atoms with Gasteiger partial charge in [-0.3, -0.25) is 9.80 Å². The van der Waals surface area contributed by atoms with Gasteiger partial charge in [0.25, 0.3) is 0 Å². The average Bonchev–Trinajstić information content (AvgIpc) is 3.46. The lowest BCUT2D eigenvalue weighted by molar-refractivity contribution is 0.592. The summed E-state index contributed by atoms with van der Waals surface area (Å²) in [7, 11) is -3.56. The van der Waals surface area contributed by atoms with Gasteiger partial charge in [-0.15, -0.1) is 0 Å². The number of para-hydroxylation sites is 6. The Morgan fingerprint density at radius 3 is 0.667 bits per heavy atom. The molecule has 0 N–H and O–H groups in total. The van der Waals surface area contributed by atoms with Gasteiger partial charge >= 0.3 is 0 Å². The van der Waals surface area contributed by atoms with Crippen LogP contribution in [0.3, 0.4) is 0 Å². The Bertz CT molecular complexity index is 3210. The van der Waals surface area contributed by atoms with Gasteiger partial charge in [0.05, 0.1) is 0 Å². The van der Waals surface area contributed by atoms with Crippen molar-refractivity contribution < 1.29 is 4.57 Å². The summed E-state index contributed by atoms with van der Waals surface area (Å²) in [5, 5.41) is 2.11. The summed E-state index contributed by atoms with van der Waals surface area (Å²) in [4.78, 5) is 14.5. The van der Waals surface area contributed by atoms with Gasteiger partial charge in [0.2, 0.25) is 0 Å². The molecule has 0 aliphatic rings. The number of pyridine rings is 1. The Hall–Kier alpha value is -9.22. The van der Waals surface area contributed by atoms with E-state index in [0.29, 0.717) is 16.9 Å². The number of hydrogen-bond acceptors (Lipinski definition) is 6. The fourth-order valence-corrected chi connectivity index (χ4v) is 12.0. The SMILES string of the molecule is O=P(c1ccccc1)(c1ccccc1)c1cc(N(c2ccccc2)c2ccc(N(c3ccccc3)c3ccccc3)cc2)nc(N(c2ccccc2)c2ccc(N(c3ccccc3)c3ccccc3)cc2)c1. The first-order valence-corrected chi connectivity index (χ1v) is 25.8. The molecule has 0 saturated heterocycles. The molecule has 11 rings (SSSR count). The second-order valence-electron chi connectivity index (χ2n) is 17.2. The fraction of sp³-hybridized carbons (Fsp3) is 0. The first-order chi connectivity index (χ1) is 35.6. The van der Waals surface area contributed by atoms with Gasteiger partial charge < -0.3 is 14.4 Å². The van der Waals surface area contributed by atoms with Crippen LogP contribution in [-0.4, -0.2) is 4.98 Å². The minimum Gasteiger partial charge on any atom is -0.311 e. The zero-order valence-corrected chi connectivity index (χ0v) is 40.4. The van der Waals surface area contributed by atoms with Crippen molar-refractivity contribution in [3.05, 3.63) is 303 Å². The summed E-state index contributed by atoms with van der Waals surface area (Å²) in [6, 6.07) is 103. The molecule has 72 heavy (non-hydrogen) atoms. The Morgan fingerprint density at radius 1 is 0.222 bits per heavy atom. The Balaban J connectivity index is 1.12. The summed E-state index contributed by atoms with van der Waals surface area (Å²) >= 11 is 0. The molecular weight excluding hydrogens is 898 g/mol. The van der Waals surface area contributed by atoms with Crippen LogP contribution in [0.2, 0.25) is 0 Å². The molecule has 1 aromatic heterocycles. The molecule has 0 spiro atoms. The Kier molecular flexibility index (Phi) is 13.1. The normalized spacial score (nSPS) is 11.1. The van der Waals surface area contributed by atoms with Crippen LogP contribution in [0.5, 0.6) is 0 Å². The summed E-state index contributed by atoms with van der Waals surface area (Å²) in [6.07, 6.45) is 0. The van der Waals surface area contributed by atoms with E-state index in [2.05, 4.69) is 189 Å². The highest BCUT2D eigenvalue weighted by molar-refractivity contribution is 7.85. The van der Waals surface area contributed by atoms with Crippen LogP contribution in [0.15, 0.2) is 303 Å². The molecule has 10 aromatic carbocycles. The van der Waals surface area contributed by atoms with Gasteiger partial charge in [-0.05, 0) is 133 Å². The molecule has 6 nitrogen and oxygen atoms in total. The van der Waals surface area contributed by atoms with Crippen LogP contribution in [0.4, 0.5) is 68.5 Å². The largest absolute Gasteiger partial charge is 0.311 e. The molecule has 0 atom stereocenters. The zero-order valence-electron chi connectivity index (χ0n) is 39.5. The lowest BCUT2D eigenvalue weighted by Gasteiger charge is -2.31. The van der Waals surface area contributed by atoms with E-state index >= 15 is 4.57 Å². The summed E-state index contributed by atoms with van der Waals surface area (Å²) in [6.45, 7) is 0. The van der Waals surface area contributed by atoms with Crippen LogP contribution >= 0.6 is 7.14 Å². The number of anilines is 12. The van der Waals surface area contributed by atoms with Crippen molar-refractivity contribution >= 4 is 91.6 Å². The van der Waals surface area contributed by atoms with E-state index in [4.69, 9.17) is 4.98 Å². The number of benzene rings is 10. The second-order valence-corrected chi connectivity index (χ2v) is 20.0. The maximum absolute atomic E-state index is 16.6. The van der Waals surface area contributed by atoms with Gasteiger partial charge in [0.1, 0.15) is 11.6 Å². The zero-order chi connectivity index (χ0) is 48.5. The third-order valence-corrected chi connectivity index (χ3v) is 15.7. The van der Waals surface area contributed by atoms with E-state index in [1.165, 1.54) is 0 Å². The second kappa shape index (κ2) is 20.8. The number of aromatic nitrogens is 1. The highest BCUT2D eigenvalue weighted by Crippen LogP contribution is 2.47. The minimum atomic E-state index is -3.56. The van der Waals surface area contributed by atoms with Gasteiger partial charge in [0, 0.05) is 72.8 Å². The third kappa shape index (κ3) is 9.31. The van der Waals surface area contributed by atoms with Crippen LogP contribution in [0.25, 0.3) is 0 Å². The van der Waals surface area contributed by atoms with E-state index in [-0.39, 0.29) is 0 Å². The van der Waals surface area contributed by atoms with Crippen LogP contribution in [0, 0.1) is 0 Å². The molecule has 0 radical (unpaired) electrons. The molecule has 346 valence electrons. The molecular formula is C65H50N5OP. The molecule has 0 aliphatic heterocycles. The smallest absolute Gasteiger partial charge is 0.171 e. The maximum Gasteiger partial charge on any atom is 0.171 e. The van der Waals surface area contributed by atoms with Crippen molar-refractivity contribution in [1.82, 2.24) is 4.98 Å². The summed E-state index contributed by atoms with van der Waals surface area (Å²) < 4.78 is 16.6. The fourth-order valence-electron chi connectivity index (χ4n) is 9.31. The number of hydrogen-bond donors (Lipinski definition) is 0. The average molecular weight is 948 g/mol. The van der Waals surface area contributed by atoms with E-state index in [0.717, 1.165) is 67.5 Å². The van der Waals surface area contributed by atoms with Crippen LogP contribution < -0.4 is 35.5 Å². The van der Waals surface area contributed by atoms with Crippen LogP contribution in [0.1, 0.15) is 0 Å². The van der Waals surface area contributed by atoms with Crippen molar-refractivity contribution in [2.45, 2.75) is 0 Å². The number of nitrogens with zero attached hydrogens (tertiary/aromatic N) is 5. The quantitative estimate of drug-likeness (QED) is 0.0954. The molecule has 0 aliphatic carbocycles. The minimum absolute atomic E-state index is 0.605. The molecule has 0 fully saturated rings. The lowest BCUT2D eigenvalue weighted by atomic mass is 10.1. The van der Waals surface area contributed by atoms with Crippen molar-refractivity contribution in [3.63, 3.8) is 0 Å². The van der Waals surface area contributed by atoms with Gasteiger partial charge in [0.15, 0.2) is 7.14 Å².